The van der Waals surface area contributed by atoms with Gasteiger partial charge in [-0.05, 0) is 99.9 Å². The third-order valence-electron chi connectivity index (χ3n) is 6.68. The minimum Gasteiger partial charge on any atom is -0.484 e. The summed E-state index contributed by atoms with van der Waals surface area (Å²) < 4.78 is 11.0. The smallest absolute Gasteiger partial charge is 0.276 e. The van der Waals surface area contributed by atoms with E-state index < -0.39 is 11.8 Å². The van der Waals surface area contributed by atoms with Crippen molar-refractivity contribution in [3.63, 3.8) is 0 Å². The van der Waals surface area contributed by atoms with Crippen LogP contribution in [0.15, 0.2) is 24.3 Å². The van der Waals surface area contributed by atoms with Gasteiger partial charge in [-0.25, -0.2) is 0 Å². The summed E-state index contributed by atoms with van der Waals surface area (Å²) in [6.45, 7) is 6.83. The molecule has 2 aromatic rings. The zero-order valence-corrected chi connectivity index (χ0v) is 24.4. The van der Waals surface area contributed by atoms with Crippen molar-refractivity contribution in [2.75, 3.05) is 13.2 Å². The van der Waals surface area contributed by atoms with E-state index >= 15 is 0 Å². The number of nitrogens with one attached hydrogen (secondary N) is 4. The van der Waals surface area contributed by atoms with Crippen LogP contribution in [0.4, 0.5) is 0 Å². The molecule has 40 heavy (non-hydrogen) atoms. The van der Waals surface area contributed by atoms with Crippen LogP contribution >= 0.6 is 23.2 Å². The molecule has 0 bridgehead atoms. The van der Waals surface area contributed by atoms with Crippen LogP contribution in [0.25, 0.3) is 0 Å². The van der Waals surface area contributed by atoms with Crippen LogP contribution in [0.5, 0.6) is 11.5 Å². The van der Waals surface area contributed by atoms with Gasteiger partial charge in [-0.2, -0.15) is 0 Å². The molecule has 1 saturated carbocycles. The van der Waals surface area contributed by atoms with Gasteiger partial charge in [0.05, 0.1) is 0 Å². The number of amides is 4. The third kappa shape index (κ3) is 8.76. The minimum absolute atomic E-state index is 0.274. The number of halogens is 2. The van der Waals surface area contributed by atoms with E-state index in [-0.39, 0.29) is 36.9 Å². The molecule has 0 unspecified atom stereocenters. The molecular formula is C28H34Cl2N4O6. The first-order valence-electron chi connectivity index (χ1n) is 12.9. The van der Waals surface area contributed by atoms with Gasteiger partial charge in [0.15, 0.2) is 13.2 Å². The maximum absolute atomic E-state index is 12.5. The quantitative estimate of drug-likeness (QED) is 0.344. The number of benzene rings is 2. The summed E-state index contributed by atoms with van der Waals surface area (Å²) in [6, 6.07) is 6.94. The van der Waals surface area contributed by atoms with Gasteiger partial charge < -0.3 is 9.47 Å². The Morgan fingerprint density at radius 1 is 0.625 bits per heavy atom. The number of carbonyl (C=O) groups is 4. The highest BCUT2D eigenvalue weighted by Gasteiger charge is 2.30. The van der Waals surface area contributed by atoms with E-state index in [0.717, 1.165) is 22.3 Å². The van der Waals surface area contributed by atoms with Crippen LogP contribution in [0, 0.1) is 39.5 Å². The van der Waals surface area contributed by atoms with E-state index in [1.54, 1.807) is 24.3 Å². The summed E-state index contributed by atoms with van der Waals surface area (Å²) in [4.78, 5) is 49.2. The van der Waals surface area contributed by atoms with Crippen LogP contribution in [0.3, 0.4) is 0 Å². The van der Waals surface area contributed by atoms with Crippen molar-refractivity contribution in [3.8, 4) is 11.5 Å². The first kappa shape index (κ1) is 31.0. The highest BCUT2D eigenvalue weighted by atomic mass is 35.5. The Morgan fingerprint density at radius 3 is 1.23 bits per heavy atom. The Hall–Kier alpha value is -3.50. The highest BCUT2D eigenvalue weighted by molar-refractivity contribution is 6.32. The lowest BCUT2D eigenvalue weighted by Gasteiger charge is -2.27. The van der Waals surface area contributed by atoms with E-state index in [0.29, 0.717) is 47.2 Å². The van der Waals surface area contributed by atoms with Crippen LogP contribution in [0.2, 0.25) is 10.0 Å². The monoisotopic (exact) mass is 592 g/mol. The largest absolute Gasteiger partial charge is 0.484 e. The number of hydrazine groups is 2. The number of ether oxygens (including phenoxy) is 2. The number of hydrogen-bond acceptors (Lipinski definition) is 6. The molecular weight excluding hydrogens is 559 g/mol. The summed E-state index contributed by atoms with van der Waals surface area (Å²) >= 11 is 12.3. The van der Waals surface area contributed by atoms with Crippen molar-refractivity contribution < 1.29 is 28.7 Å². The molecule has 0 atom stereocenters. The van der Waals surface area contributed by atoms with Gasteiger partial charge in [0.25, 0.3) is 11.8 Å². The molecule has 0 aromatic heterocycles. The molecule has 0 spiro atoms. The van der Waals surface area contributed by atoms with Crippen LogP contribution in [-0.4, -0.2) is 36.8 Å². The Labute approximate surface area is 243 Å². The van der Waals surface area contributed by atoms with Crippen LogP contribution < -0.4 is 31.2 Å². The molecule has 0 aliphatic heterocycles. The molecule has 1 fully saturated rings. The molecule has 12 heteroatoms. The van der Waals surface area contributed by atoms with Gasteiger partial charge in [0, 0.05) is 21.9 Å². The molecule has 1 aliphatic rings. The molecule has 1 aliphatic carbocycles. The predicted molar refractivity (Wildman–Crippen MR) is 151 cm³/mol. The number of aryl methyl sites for hydroxylation is 4. The van der Waals surface area contributed by atoms with Crippen molar-refractivity contribution in [2.24, 2.45) is 11.8 Å². The van der Waals surface area contributed by atoms with E-state index in [9.17, 15) is 19.2 Å². The summed E-state index contributed by atoms with van der Waals surface area (Å²) in [5.74, 6) is -1.35. The van der Waals surface area contributed by atoms with E-state index in [1.165, 1.54) is 0 Å². The molecule has 2 aromatic carbocycles. The van der Waals surface area contributed by atoms with Crippen molar-refractivity contribution in [1.29, 1.82) is 0 Å². The van der Waals surface area contributed by atoms with Crippen molar-refractivity contribution in [3.05, 3.63) is 56.6 Å². The van der Waals surface area contributed by atoms with Gasteiger partial charge in [0.2, 0.25) is 11.8 Å². The molecule has 10 nitrogen and oxygen atoms in total. The summed E-state index contributed by atoms with van der Waals surface area (Å²) in [5, 5.41) is 1.29. The number of rotatable bonds is 8. The van der Waals surface area contributed by atoms with E-state index in [4.69, 9.17) is 32.7 Å². The molecule has 4 N–H and O–H groups in total. The minimum atomic E-state index is -0.507. The van der Waals surface area contributed by atoms with E-state index in [2.05, 4.69) is 21.7 Å². The van der Waals surface area contributed by atoms with Gasteiger partial charge in [0.1, 0.15) is 11.5 Å². The summed E-state index contributed by atoms with van der Waals surface area (Å²) in [5.41, 5.74) is 12.9. The first-order chi connectivity index (χ1) is 18.9. The maximum atomic E-state index is 12.5. The summed E-state index contributed by atoms with van der Waals surface area (Å²) in [7, 11) is 0. The zero-order chi connectivity index (χ0) is 29.4. The van der Waals surface area contributed by atoms with Gasteiger partial charge in [-0.3, -0.25) is 40.9 Å². The fraction of sp³-hybridized carbons (Fsp3) is 0.429. The third-order valence-corrected chi connectivity index (χ3v) is 7.87. The Kier molecular flexibility index (Phi) is 11.0. The second-order valence-electron chi connectivity index (χ2n) is 9.94. The van der Waals surface area contributed by atoms with Gasteiger partial charge in [-0.1, -0.05) is 23.2 Å². The average Bonchev–Trinajstić information content (AvgIpc) is 2.93. The Balaban J connectivity index is 1.32. The number of hydrogen-bond donors (Lipinski definition) is 4. The van der Waals surface area contributed by atoms with Gasteiger partial charge >= 0.3 is 0 Å². The Morgan fingerprint density at radius 2 is 0.925 bits per heavy atom. The number of carbonyl (C=O) groups excluding carboxylic acids is 4. The second kappa shape index (κ2) is 14.2. The van der Waals surface area contributed by atoms with Gasteiger partial charge in [-0.15, -0.1) is 0 Å². The maximum Gasteiger partial charge on any atom is 0.276 e. The fourth-order valence-corrected chi connectivity index (χ4v) is 4.65. The SMILES string of the molecule is Cc1cc(OCC(=O)NNC(=O)C2CCC(C(=O)NNC(=O)COc3cc(C)c(Cl)c(C)c3)CC2)cc(C)c1Cl. The molecule has 216 valence electrons. The predicted octanol–water partition coefficient (Wildman–Crippen LogP) is 3.79. The first-order valence-corrected chi connectivity index (χ1v) is 13.7. The topological polar surface area (TPSA) is 135 Å². The molecule has 4 amide bonds. The Bertz CT molecular complexity index is 1130. The second-order valence-corrected chi connectivity index (χ2v) is 10.7. The lowest BCUT2D eigenvalue weighted by molar-refractivity contribution is -0.135. The fourth-order valence-electron chi connectivity index (χ4n) is 4.43. The van der Waals surface area contributed by atoms with Crippen molar-refractivity contribution >= 4 is 46.8 Å². The summed E-state index contributed by atoms with van der Waals surface area (Å²) in [6.07, 6.45) is 1.86. The normalized spacial score (nSPS) is 16.4. The average molecular weight is 594 g/mol. The molecule has 0 heterocycles. The van der Waals surface area contributed by atoms with Crippen LogP contribution in [-0.2, 0) is 19.2 Å². The standard InChI is InChI=1S/C28H34Cl2N4O6/c1-15-9-21(10-16(2)25(15)29)39-13-23(35)31-33-27(37)19-5-7-20(8-6-19)28(38)34-32-24(36)14-40-22-11-17(3)26(30)18(4)12-22/h9-12,19-20H,5-8,13-14H2,1-4H3,(H,31,35)(H,32,36)(H,33,37)(H,34,38). The molecule has 3 rings (SSSR count). The van der Waals surface area contributed by atoms with E-state index in [1.807, 2.05) is 27.7 Å². The van der Waals surface area contributed by atoms with Crippen molar-refractivity contribution in [2.45, 2.75) is 53.4 Å². The lowest BCUT2D eigenvalue weighted by Crippen LogP contribution is -2.48. The molecule has 0 saturated heterocycles. The zero-order valence-electron chi connectivity index (χ0n) is 22.9. The van der Waals surface area contributed by atoms with Crippen LogP contribution in [0.1, 0.15) is 47.9 Å². The molecule has 0 radical (unpaired) electrons. The highest BCUT2D eigenvalue weighted by Crippen LogP contribution is 2.29. The lowest BCUT2D eigenvalue weighted by atomic mass is 9.81. The van der Waals surface area contributed by atoms with Crippen molar-refractivity contribution in [1.82, 2.24) is 21.7 Å².